The molecule has 0 N–H and O–H groups in total. The molecular weight excluding hydrogens is 436 g/mol. The molecule has 0 spiro atoms. The highest BCUT2D eigenvalue weighted by Gasteiger charge is 2.11. The summed E-state index contributed by atoms with van der Waals surface area (Å²) < 4.78 is 27.2. The van der Waals surface area contributed by atoms with Crippen molar-refractivity contribution >= 4 is 11.9 Å². The van der Waals surface area contributed by atoms with Crippen LogP contribution in [0, 0.1) is 0 Å². The van der Waals surface area contributed by atoms with E-state index in [4.69, 9.17) is 23.7 Å². The Hall–Kier alpha value is -3.58. The lowest BCUT2D eigenvalue weighted by Gasteiger charge is -2.15. The van der Waals surface area contributed by atoms with Gasteiger partial charge in [0.25, 0.3) is 0 Å². The number of rotatable bonds is 14. The number of hydrogen-bond acceptors (Lipinski definition) is 7. The lowest BCUT2D eigenvalue weighted by Crippen LogP contribution is -2.10. The average Bonchev–Trinajstić information content (AvgIpc) is 2.82. The largest absolute Gasteiger partial charge is 0.490 e. The van der Waals surface area contributed by atoms with Crippen molar-refractivity contribution in [3.8, 4) is 28.4 Å². The van der Waals surface area contributed by atoms with Crippen LogP contribution in [-0.2, 0) is 19.1 Å². The molecule has 7 nitrogen and oxygen atoms in total. The number of hydrogen-bond donors (Lipinski definition) is 0. The summed E-state index contributed by atoms with van der Waals surface area (Å²) in [5.74, 6) is 0.759. The third kappa shape index (κ3) is 8.75. The summed E-state index contributed by atoms with van der Waals surface area (Å²) in [5, 5.41) is 0. The summed E-state index contributed by atoms with van der Waals surface area (Å²) in [4.78, 5) is 23.2. The molecule has 0 aliphatic heterocycles. The second-order valence-electron chi connectivity index (χ2n) is 7.67. The molecular formula is C27H32O7. The van der Waals surface area contributed by atoms with Crippen molar-refractivity contribution in [2.75, 3.05) is 33.5 Å². The van der Waals surface area contributed by atoms with Crippen LogP contribution in [0.4, 0.5) is 0 Å². The topological polar surface area (TPSA) is 80.3 Å². The number of benzene rings is 2. The molecule has 0 aliphatic rings. The summed E-state index contributed by atoms with van der Waals surface area (Å²) in [6, 6.07) is 12.8. The molecule has 7 heteroatoms. The van der Waals surface area contributed by atoms with E-state index < -0.39 is 11.9 Å². The third-order valence-corrected chi connectivity index (χ3v) is 4.57. The Labute approximate surface area is 200 Å². The second-order valence-corrected chi connectivity index (χ2v) is 7.67. The molecule has 0 amide bonds. The normalized spacial score (nSPS) is 10.3. The van der Waals surface area contributed by atoms with Crippen molar-refractivity contribution in [2.45, 2.75) is 26.7 Å². The van der Waals surface area contributed by atoms with Gasteiger partial charge in [-0.3, -0.25) is 0 Å². The predicted molar refractivity (Wildman–Crippen MR) is 130 cm³/mol. The van der Waals surface area contributed by atoms with Gasteiger partial charge in [-0.25, -0.2) is 9.59 Å². The summed E-state index contributed by atoms with van der Waals surface area (Å²) in [6.07, 6.45) is 1.27. The zero-order chi connectivity index (χ0) is 24.9. The van der Waals surface area contributed by atoms with Crippen LogP contribution < -0.4 is 14.2 Å². The Morgan fingerprint density at radius 1 is 0.735 bits per heavy atom. The van der Waals surface area contributed by atoms with Gasteiger partial charge in [-0.1, -0.05) is 31.4 Å². The van der Waals surface area contributed by atoms with E-state index in [1.165, 1.54) is 0 Å². The van der Waals surface area contributed by atoms with Crippen LogP contribution in [0.3, 0.4) is 0 Å². The quantitative estimate of drug-likeness (QED) is 0.164. The summed E-state index contributed by atoms with van der Waals surface area (Å²) in [5.41, 5.74) is 2.52. The molecule has 2 rings (SSSR count). The Bertz CT molecular complexity index is 993. The number of carbonyl (C=O) groups is 2. The maximum Gasteiger partial charge on any atom is 0.338 e. The van der Waals surface area contributed by atoms with Gasteiger partial charge in [0.1, 0.15) is 5.75 Å². The minimum absolute atomic E-state index is 0.236. The van der Waals surface area contributed by atoms with Crippen molar-refractivity contribution in [2.24, 2.45) is 0 Å². The highest BCUT2D eigenvalue weighted by molar-refractivity contribution is 5.89. The highest BCUT2D eigenvalue weighted by Crippen LogP contribution is 2.33. The van der Waals surface area contributed by atoms with Crippen molar-refractivity contribution < 1.29 is 33.3 Å². The lowest BCUT2D eigenvalue weighted by molar-refractivity contribution is -0.139. The van der Waals surface area contributed by atoms with Crippen LogP contribution in [0.2, 0.25) is 0 Å². The van der Waals surface area contributed by atoms with Crippen LogP contribution in [0.5, 0.6) is 17.2 Å². The molecule has 0 aliphatic carbocycles. The zero-order valence-corrected chi connectivity index (χ0v) is 20.1. The molecule has 0 atom stereocenters. The predicted octanol–water partition coefficient (Wildman–Crippen LogP) is 5.14. The van der Waals surface area contributed by atoms with E-state index in [0.717, 1.165) is 17.5 Å². The van der Waals surface area contributed by atoms with Gasteiger partial charge in [0, 0.05) is 37.7 Å². The molecule has 0 aromatic heterocycles. The Kier molecular flexibility index (Phi) is 10.9. The lowest BCUT2D eigenvalue weighted by atomic mass is 10.0. The smallest absolute Gasteiger partial charge is 0.338 e. The van der Waals surface area contributed by atoms with E-state index in [-0.39, 0.29) is 6.61 Å². The zero-order valence-electron chi connectivity index (χ0n) is 20.1. The van der Waals surface area contributed by atoms with Gasteiger partial charge in [0.05, 0.1) is 19.8 Å². The van der Waals surface area contributed by atoms with Gasteiger partial charge < -0.3 is 23.7 Å². The average molecular weight is 469 g/mol. The van der Waals surface area contributed by atoms with E-state index in [0.29, 0.717) is 54.6 Å². The minimum Gasteiger partial charge on any atom is -0.490 e. The molecule has 0 saturated heterocycles. The molecule has 0 fully saturated rings. The van der Waals surface area contributed by atoms with Gasteiger partial charge in [-0.2, -0.15) is 0 Å². The van der Waals surface area contributed by atoms with E-state index in [2.05, 4.69) is 13.2 Å². The molecule has 2 aromatic rings. The van der Waals surface area contributed by atoms with E-state index in [9.17, 15) is 9.59 Å². The fourth-order valence-electron chi connectivity index (χ4n) is 2.74. The van der Waals surface area contributed by atoms with Crippen molar-refractivity contribution in [3.63, 3.8) is 0 Å². The van der Waals surface area contributed by atoms with Crippen LogP contribution in [-0.4, -0.2) is 45.5 Å². The van der Waals surface area contributed by atoms with E-state index in [1.54, 1.807) is 33.1 Å². The van der Waals surface area contributed by atoms with Crippen molar-refractivity contribution in [3.05, 3.63) is 66.8 Å². The fraction of sp³-hybridized carbons (Fsp3) is 0.333. The number of esters is 2. The van der Waals surface area contributed by atoms with Crippen LogP contribution in [0.15, 0.2) is 66.8 Å². The minimum atomic E-state index is -0.465. The van der Waals surface area contributed by atoms with Gasteiger partial charge in [0.15, 0.2) is 11.5 Å². The maximum absolute atomic E-state index is 11.7. The van der Waals surface area contributed by atoms with E-state index in [1.807, 2.05) is 30.3 Å². The van der Waals surface area contributed by atoms with Crippen LogP contribution in [0.1, 0.15) is 26.7 Å². The van der Waals surface area contributed by atoms with Gasteiger partial charge in [-0.15, -0.1) is 0 Å². The molecule has 0 heterocycles. The van der Waals surface area contributed by atoms with Crippen molar-refractivity contribution in [1.82, 2.24) is 0 Å². The standard InChI is InChI=1S/C27H32O7/c1-19(2)26(28)33-17-7-16-32-25-18-22(10-13-24(25)31-15-6-14-30-5)21-8-11-23(12-9-21)34-27(29)20(3)4/h8-13,18H,1,3,6-7,14-17H2,2,4-5H3. The second kappa shape index (κ2) is 13.9. The molecule has 0 radical (unpaired) electrons. The Morgan fingerprint density at radius 3 is 1.94 bits per heavy atom. The summed E-state index contributed by atoms with van der Waals surface area (Å²) in [6.45, 7) is 12.0. The van der Waals surface area contributed by atoms with Crippen molar-refractivity contribution in [1.29, 1.82) is 0 Å². The fourth-order valence-corrected chi connectivity index (χ4v) is 2.74. The molecule has 0 unspecified atom stereocenters. The van der Waals surface area contributed by atoms with E-state index >= 15 is 0 Å². The summed E-state index contributed by atoms with van der Waals surface area (Å²) in [7, 11) is 1.65. The SMILES string of the molecule is C=C(C)C(=O)OCCCOc1cc(-c2ccc(OC(=O)C(=C)C)cc2)ccc1OCCCOC. The first-order chi connectivity index (χ1) is 16.3. The number of carbonyl (C=O) groups excluding carboxylic acids is 2. The Morgan fingerprint density at radius 2 is 1.32 bits per heavy atom. The highest BCUT2D eigenvalue weighted by atomic mass is 16.5. The first kappa shape index (κ1) is 26.7. The van der Waals surface area contributed by atoms with Crippen LogP contribution in [0.25, 0.3) is 11.1 Å². The molecule has 2 aromatic carbocycles. The third-order valence-electron chi connectivity index (χ3n) is 4.57. The van der Waals surface area contributed by atoms with Gasteiger partial charge in [-0.05, 0) is 49.2 Å². The first-order valence-electron chi connectivity index (χ1n) is 11.0. The number of ether oxygens (including phenoxy) is 5. The van der Waals surface area contributed by atoms with Crippen LogP contribution >= 0.6 is 0 Å². The molecule has 0 bridgehead atoms. The van der Waals surface area contributed by atoms with Gasteiger partial charge >= 0.3 is 11.9 Å². The molecule has 0 saturated carbocycles. The maximum atomic E-state index is 11.7. The molecule has 182 valence electrons. The first-order valence-corrected chi connectivity index (χ1v) is 11.0. The van der Waals surface area contributed by atoms with Gasteiger partial charge in [0.2, 0.25) is 0 Å². The summed E-state index contributed by atoms with van der Waals surface area (Å²) >= 11 is 0. The number of methoxy groups -OCH3 is 1. The Balaban J connectivity index is 2.09. The monoisotopic (exact) mass is 468 g/mol. The molecule has 34 heavy (non-hydrogen) atoms.